The van der Waals surface area contributed by atoms with Gasteiger partial charge in [-0.1, -0.05) is 56.8 Å². The first kappa shape index (κ1) is 28.5. The summed E-state index contributed by atoms with van der Waals surface area (Å²) in [4.78, 5) is 36.1. The molecule has 0 aliphatic rings. The molecule has 1 aromatic heterocycles. The van der Waals surface area contributed by atoms with Gasteiger partial charge < -0.3 is 10.6 Å². The average molecular weight is 559 g/mol. The van der Waals surface area contributed by atoms with Gasteiger partial charge in [0, 0.05) is 29.1 Å². The van der Waals surface area contributed by atoms with E-state index in [9.17, 15) is 19.7 Å². The molecular weight excluding hydrogens is 528 g/mol. The number of thioether (sulfide) groups is 1. The second-order valence-corrected chi connectivity index (χ2v) is 11.2. The Bertz CT molecular complexity index is 1530. The van der Waals surface area contributed by atoms with Gasteiger partial charge in [0.15, 0.2) is 11.0 Å². The van der Waals surface area contributed by atoms with Crippen LogP contribution in [0.1, 0.15) is 48.1 Å². The van der Waals surface area contributed by atoms with Gasteiger partial charge in [0.25, 0.3) is 11.6 Å². The second-order valence-electron chi connectivity index (χ2n) is 10.2. The van der Waals surface area contributed by atoms with E-state index < -0.39 is 4.92 Å². The fourth-order valence-electron chi connectivity index (χ4n) is 3.92. The minimum absolute atomic E-state index is 0.0266. The summed E-state index contributed by atoms with van der Waals surface area (Å²) in [6.07, 6.45) is 0. The Morgan fingerprint density at radius 1 is 1.00 bits per heavy atom. The molecule has 0 aliphatic carbocycles. The Kier molecular flexibility index (Phi) is 8.64. The first-order valence-electron chi connectivity index (χ1n) is 12.6. The number of hydrogen-bond donors (Lipinski definition) is 2. The fourth-order valence-corrected chi connectivity index (χ4v) is 4.69. The van der Waals surface area contributed by atoms with Crippen molar-refractivity contribution in [1.82, 2.24) is 20.1 Å². The summed E-state index contributed by atoms with van der Waals surface area (Å²) in [7, 11) is 0. The molecule has 0 spiro atoms. The average Bonchev–Trinajstić information content (AvgIpc) is 3.33. The van der Waals surface area contributed by atoms with Crippen LogP contribution in [0.4, 0.5) is 11.4 Å². The molecule has 0 aliphatic heterocycles. The number of amides is 2. The Morgan fingerprint density at radius 3 is 2.33 bits per heavy atom. The molecule has 10 nitrogen and oxygen atoms in total. The van der Waals surface area contributed by atoms with Gasteiger partial charge in [-0.2, -0.15) is 0 Å². The van der Waals surface area contributed by atoms with E-state index in [4.69, 9.17) is 0 Å². The normalized spacial score (nSPS) is 11.2. The van der Waals surface area contributed by atoms with Gasteiger partial charge in [-0.25, -0.2) is 0 Å². The molecule has 0 saturated heterocycles. The summed E-state index contributed by atoms with van der Waals surface area (Å²) >= 11 is 1.17. The van der Waals surface area contributed by atoms with Crippen LogP contribution >= 0.6 is 11.8 Å². The summed E-state index contributed by atoms with van der Waals surface area (Å²) in [5.74, 6) is -0.0195. The summed E-state index contributed by atoms with van der Waals surface area (Å²) in [5, 5.41) is 25.8. The zero-order valence-electron chi connectivity index (χ0n) is 22.7. The fraction of sp³-hybridized carbons (Fsp3) is 0.241. The van der Waals surface area contributed by atoms with Crippen molar-refractivity contribution in [3.63, 3.8) is 0 Å². The lowest BCUT2D eigenvalue weighted by Crippen LogP contribution is -2.25. The van der Waals surface area contributed by atoms with Crippen molar-refractivity contribution in [2.24, 2.45) is 0 Å². The summed E-state index contributed by atoms with van der Waals surface area (Å²) < 4.78 is 1.68. The molecule has 11 heteroatoms. The Balaban J connectivity index is 1.52. The number of non-ortho nitro benzene ring substituents is 1. The van der Waals surface area contributed by atoms with E-state index in [0.717, 1.165) is 11.1 Å². The lowest BCUT2D eigenvalue weighted by molar-refractivity contribution is -0.384. The van der Waals surface area contributed by atoms with Crippen LogP contribution < -0.4 is 10.6 Å². The molecule has 0 radical (unpaired) electrons. The molecule has 0 fully saturated rings. The number of aryl methyl sites for hydroxylation is 1. The lowest BCUT2D eigenvalue weighted by atomic mass is 9.87. The smallest absolute Gasteiger partial charge is 0.269 e. The number of nitro benzene ring substituents is 1. The van der Waals surface area contributed by atoms with Gasteiger partial charge in [0.05, 0.1) is 17.2 Å². The van der Waals surface area contributed by atoms with E-state index in [1.807, 2.05) is 43.3 Å². The highest BCUT2D eigenvalue weighted by molar-refractivity contribution is 7.99. The van der Waals surface area contributed by atoms with E-state index in [1.54, 1.807) is 28.8 Å². The summed E-state index contributed by atoms with van der Waals surface area (Å²) in [6, 6.07) is 20.9. The predicted octanol–water partition coefficient (Wildman–Crippen LogP) is 5.44. The SMILES string of the molecule is Cc1cccc(NC(=O)CSc2nnc(CNC(=O)c3ccc(C(C)(C)C)cc3)n2-c2ccc([N+](=O)[O-])cc2)c1. The van der Waals surface area contributed by atoms with E-state index in [1.165, 1.54) is 23.9 Å². The van der Waals surface area contributed by atoms with E-state index >= 15 is 0 Å². The minimum atomic E-state index is -0.479. The highest BCUT2D eigenvalue weighted by Gasteiger charge is 2.19. The predicted molar refractivity (Wildman–Crippen MR) is 155 cm³/mol. The molecule has 0 atom stereocenters. The molecule has 0 unspecified atom stereocenters. The molecule has 4 aromatic rings. The van der Waals surface area contributed by atoms with Gasteiger partial charge in [-0.15, -0.1) is 10.2 Å². The summed E-state index contributed by atoms with van der Waals surface area (Å²) in [5.41, 5.74) is 3.84. The number of nitro groups is 1. The minimum Gasteiger partial charge on any atom is -0.345 e. The Hall–Kier alpha value is -4.51. The highest BCUT2D eigenvalue weighted by atomic mass is 32.2. The molecule has 2 N–H and O–H groups in total. The van der Waals surface area contributed by atoms with Gasteiger partial charge >= 0.3 is 0 Å². The van der Waals surface area contributed by atoms with Crippen molar-refractivity contribution in [3.05, 3.63) is 105 Å². The molecule has 1 heterocycles. The maximum Gasteiger partial charge on any atom is 0.269 e. The maximum absolute atomic E-state index is 12.9. The van der Waals surface area contributed by atoms with Crippen LogP contribution in [0.3, 0.4) is 0 Å². The standard InChI is InChI=1S/C29H30N6O4S/c1-19-6-5-7-22(16-19)31-26(36)18-40-28-33-32-25(34(28)23-12-14-24(15-13-23)35(38)39)17-30-27(37)20-8-10-21(11-9-20)29(2,3)4/h5-16H,17-18H2,1-4H3,(H,30,37)(H,31,36). The number of aromatic nitrogens is 3. The molecule has 0 saturated carbocycles. The number of carbonyl (C=O) groups excluding carboxylic acids is 2. The highest BCUT2D eigenvalue weighted by Crippen LogP contribution is 2.25. The largest absolute Gasteiger partial charge is 0.345 e. The van der Waals surface area contributed by atoms with Crippen molar-refractivity contribution in [2.45, 2.75) is 44.8 Å². The topological polar surface area (TPSA) is 132 Å². The second kappa shape index (κ2) is 12.1. The van der Waals surface area contributed by atoms with Crippen LogP contribution in [0.2, 0.25) is 0 Å². The number of carbonyl (C=O) groups is 2. The number of hydrogen-bond acceptors (Lipinski definition) is 7. The molecule has 4 rings (SSSR count). The first-order chi connectivity index (χ1) is 19.0. The van der Waals surface area contributed by atoms with Gasteiger partial charge in [0.2, 0.25) is 5.91 Å². The molecule has 40 heavy (non-hydrogen) atoms. The van der Waals surface area contributed by atoms with Crippen LogP contribution in [-0.2, 0) is 16.8 Å². The Labute approximate surface area is 236 Å². The lowest BCUT2D eigenvalue weighted by Gasteiger charge is -2.19. The monoisotopic (exact) mass is 558 g/mol. The van der Waals surface area contributed by atoms with Gasteiger partial charge in [-0.3, -0.25) is 24.3 Å². The van der Waals surface area contributed by atoms with Crippen LogP contribution in [0, 0.1) is 17.0 Å². The molecule has 3 aromatic carbocycles. The molecule has 2 amide bonds. The number of nitrogens with one attached hydrogen (secondary N) is 2. The maximum atomic E-state index is 12.9. The molecule has 206 valence electrons. The van der Waals surface area contributed by atoms with Crippen molar-refractivity contribution in [3.8, 4) is 5.69 Å². The molecular formula is C29H30N6O4S. The number of benzene rings is 3. The van der Waals surface area contributed by atoms with Crippen LogP contribution in [0.25, 0.3) is 5.69 Å². The summed E-state index contributed by atoms with van der Waals surface area (Å²) in [6.45, 7) is 8.32. The third-order valence-electron chi connectivity index (χ3n) is 6.07. The van der Waals surface area contributed by atoms with Crippen molar-refractivity contribution in [2.75, 3.05) is 11.1 Å². The van der Waals surface area contributed by atoms with Crippen molar-refractivity contribution in [1.29, 1.82) is 0 Å². The van der Waals surface area contributed by atoms with Crippen LogP contribution in [0.5, 0.6) is 0 Å². The van der Waals surface area contributed by atoms with Crippen molar-refractivity contribution >= 4 is 35.0 Å². The third-order valence-corrected chi connectivity index (χ3v) is 7.00. The zero-order chi connectivity index (χ0) is 28.9. The number of anilines is 1. The third kappa shape index (κ3) is 7.11. The van der Waals surface area contributed by atoms with E-state index in [0.29, 0.717) is 27.9 Å². The first-order valence-corrected chi connectivity index (χ1v) is 13.6. The number of rotatable bonds is 9. The van der Waals surface area contributed by atoms with E-state index in [-0.39, 0.29) is 35.2 Å². The van der Waals surface area contributed by atoms with Crippen LogP contribution in [-0.4, -0.2) is 37.3 Å². The van der Waals surface area contributed by atoms with Crippen molar-refractivity contribution < 1.29 is 14.5 Å². The zero-order valence-corrected chi connectivity index (χ0v) is 23.5. The van der Waals surface area contributed by atoms with E-state index in [2.05, 4.69) is 41.6 Å². The quantitative estimate of drug-likeness (QED) is 0.159. The Morgan fingerprint density at radius 2 is 1.70 bits per heavy atom. The van der Waals surface area contributed by atoms with Gasteiger partial charge in [0.1, 0.15) is 0 Å². The van der Waals surface area contributed by atoms with Gasteiger partial charge in [-0.05, 0) is 59.9 Å². The molecule has 0 bridgehead atoms. The van der Waals surface area contributed by atoms with Crippen LogP contribution in [0.15, 0.2) is 78.0 Å². The number of nitrogens with zero attached hydrogens (tertiary/aromatic N) is 4.